The molecule has 0 radical (unpaired) electrons. The van der Waals surface area contributed by atoms with Crippen LogP contribution in [-0.2, 0) is 9.63 Å². The molecule has 1 aliphatic heterocycles. The van der Waals surface area contributed by atoms with Gasteiger partial charge in [0.05, 0.1) is 11.1 Å². The zero-order chi connectivity index (χ0) is 13.5. The lowest BCUT2D eigenvalue weighted by Gasteiger charge is -2.24. The van der Waals surface area contributed by atoms with Crippen molar-refractivity contribution in [2.75, 3.05) is 0 Å². The molecule has 0 N–H and O–H groups in total. The van der Waals surface area contributed by atoms with Crippen molar-refractivity contribution in [3.63, 3.8) is 0 Å². The number of carbonyl (C=O) groups excluding carboxylic acids is 3. The fourth-order valence-electron chi connectivity index (χ4n) is 1.51. The van der Waals surface area contributed by atoms with E-state index in [0.717, 1.165) is 0 Å². The number of rotatable bonds is 3. The van der Waals surface area contributed by atoms with Crippen LogP contribution in [0.25, 0.3) is 0 Å². The maximum atomic E-state index is 11.9. The Labute approximate surface area is 108 Å². The molecule has 0 aromatic heterocycles. The van der Waals surface area contributed by atoms with Crippen molar-refractivity contribution < 1.29 is 19.2 Å². The van der Waals surface area contributed by atoms with Crippen LogP contribution in [0.5, 0.6) is 0 Å². The molecule has 5 nitrogen and oxygen atoms in total. The summed E-state index contributed by atoms with van der Waals surface area (Å²) < 4.78 is 0. The largest absolute Gasteiger partial charge is 0.285 e. The SMILES string of the molecule is CC(C)(ON1C(=O)c2ccccc2C1=O)C(=O)Cl. The molecule has 2 rings (SSSR count). The highest BCUT2D eigenvalue weighted by Crippen LogP contribution is 2.26. The van der Waals surface area contributed by atoms with E-state index < -0.39 is 22.7 Å². The molecule has 1 aromatic carbocycles. The second-order valence-electron chi connectivity index (χ2n) is 4.33. The summed E-state index contributed by atoms with van der Waals surface area (Å²) in [6.07, 6.45) is 0. The molecule has 1 aromatic rings. The highest BCUT2D eigenvalue weighted by molar-refractivity contribution is 6.65. The molecule has 18 heavy (non-hydrogen) atoms. The summed E-state index contributed by atoms with van der Waals surface area (Å²) in [4.78, 5) is 40.1. The van der Waals surface area contributed by atoms with Gasteiger partial charge >= 0.3 is 0 Å². The van der Waals surface area contributed by atoms with Gasteiger partial charge in [0.15, 0.2) is 5.60 Å². The first-order valence-corrected chi connectivity index (χ1v) is 5.59. The van der Waals surface area contributed by atoms with E-state index in [1.54, 1.807) is 12.1 Å². The van der Waals surface area contributed by atoms with Crippen molar-refractivity contribution in [2.24, 2.45) is 0 Å². The fourth-order valence-corrected chi connectivity index (χ4v) is 1.55. The summed E-state index contributed by atoms with van der Waals surface area (Å²) in [5.41, 5.74) is -0.949. The van der Waals surface area contributed by atoms with Gasteiger partial charge in [-0.15, -0.1) is 5.06 Å². The molecule has 0 saturated heterocycles. The maximum Gasteiger partial charge on any atom is 0.285 e. The summed E-state index contributed by atoms with van der Waals surface area (Å²) >= 11 is 5.34. The fraction of sp³-hybridized carbons (Fsp3) is 0.250. The van der Waals surface area contributed by atoms with Gasteiger partial charge < -0.3 is 0 Å². The van der Waals surface area contributed by atoms with Crippen molar-refractivity contribution in [3.05, 3.63) is 35.4 Å². The lowest BCUT2D eigenvalue weighted by Crippen LogP contribution is -2.42. The predicted molar refractivity (Wildman–Crippen MR) is 63.0 cm³/mol. The molecule has 0 bridgehead atoms. The van der Waals surface area contributed by atoms with Crippen LogP contribution in [0.1, 0.15) is 34.6 Å². The van der Waals surface area contributed by atoms with Crippen LogP contribution < -0.4 is 0 Å². The normalized spacial score (nSPS) is 14.9. The number of halogens is 1. The Morgan fingerprint density at radius 2 is 1.61 bits per heavy atom. The molecule has 6 heteroatoms. The molecule has 0 atom stereocenters. The second-order valence-corrected chi connectivity index (χ2v) is 4.67. The van der Waals surface area contributed by atoms with E-state index in [9.17, 15) is 14.4 Å². The van der Waals surface area contributed by atoms with E-state index in [0.29, 0.717) is 5.06 Å². The Balaban J connectivity index is 2.32. The summed E-state index contributed by atoms with van der Waals surface area (Å²) in [5, 5.41) is -0.218. The first kappa shape index (κ1) is 12.7. The molecule has 1 aliphatic rings. The lowest BCUT2D eigenvalue weighted by atomic mass is 10.1. The van der Waals surface area contributed by atoms with Gasteiger partial charge in [-0.3, -0.25) is 14.4 Å². The van der Waals surface area contributed by atoms with E-state index in [-0.39, 0.29) is 11.1 Å². The molecule has 2 amide bonds. The minimum absolute atomic E-state index is 0.250. The number of fused-ring (bicyclic) bond motifs is 1. The third kappa shape index (κ3) is 1.91. The number of hydroxylamine groups is 2. The standard InChI is InChI=1S/C12H10ClNO4/c1-12(2,11(13)17)18-14-9(15)7-5-3-4-6-8(7)10(14)16/h3-6H,1-2H3. The second kappa shape index (κ2) is 4.19. The predicted octanol–water partition coefficient (Wildman–Crippen LogP) is 1.76. The van der Waals surface area contributed by atoms with Crippen molar-refractivity contribution in [1.82, 2.24) is 5.06 Å². The van der Waals surface area contributed by atoms with Crippen molar-refractivity contribution in [3.8, 4) is 0 Å². The van der Waals surface area contributed by atoms with E-state index >= 15 is 0 Å². The summed E-state index contributed by atoms with van der Waals surface area (Å²) in [6, 6.07) is 6.33. The van der Waals surface area contributed by atoms with Crippen LogP contribution in [0.4, 0.5) is 0 Å². The Bertz CT molecular complexity index is 518. The van der Waals surface area contributed by atoms with Gasteiger partial charge in [0.1, 0.15) is 0 Å². The molecule has 0 aliphatic carbocycles. The summed E-state index contributed by atoms with van der Waals surface area (Å²) in [7, 11) is 0. The van der Waals surface area contributed by atoms with Crippen molar-refractivity contribution >= 4 is 28.7 Å². The van der Waals surface area contributed by atoms with Crippen LogP contribution in [0.3, 0.4) is 0 Å². The first-order valence-electron chi connectivity index (χ1n) is 5.21. The number of nitrogens with zero attached hydrogens (tertiary/aromatic N) is 1. The minimum Gasteiger partial charge on any atom is -0.278 e. The van der Waals surface area contributed by atoms with Gasteiger partial charge in [-0.2, -0.15) is 0 Å². The number of benzene rings is 1. The number of amides is 2. The number of imide groups is 1. The van der Waals surface area contributed by atoms with E-state index in [4.69, 9.17) is 16.4 Å². The van der Waals surface area contributed by atoms with Crippen LogP contribution >= 0.6 is 11.6 Å². The molecule has 94 valence electrons. The van der Waals surface area contributed by atoms with Gasteiger partial charge in [-0.1, -0.05) is 12.1 Å². The Morgan fingerprint density at radius 1 is 1.17 bits per heavy atom. The minimum atomic E-state index is -1.45. The summed E-state index contributed by atoms with van der Waals surface area (Å²) in [5.74, 6) is -1.19. The lowest BCUT2D eigenvalue weighted by molar-refractivity contribution is -0.177. The van der Waals surface area contributed by atoms with E-state index in [1.165, 1.54) is 26.0 Å². The molecular weight excluding hydrogens is 258 g/mol. The monoisotopic (exact) mass is 267 g/mol. The number of hydrogen-bond acceptors (Lipinski definition) is 4. The Hall–Kier alpha value is -1.72. The maximum absolute atomic E-state index is 11.9. The Morgan fingerprint density at radius 3 is 2.00 bits per heavy atom. The first-order chi connectivity index (χ1) is 8.34. The smallest absolute Gasteiger partial charge is 0.278 e. The highest BCUT2D eigenvalue weighted by Gasteiger charge is 2.41. The third-order valence-corrected chi connectivity index (χ3v) is 3.00. The van der Waals surface area contributed by atoms with Gasteiger partial charge in [0, 0.05) is 0 Å². The van der Waals surface area contributed by atoms with Gasteiger partial charge in [-0.25, -0.2) is 4.84 Å². The average Bonchev–Trinajstić information content (AvgIpc) is 2.55. The van der Waals surface area contributed by atoms with Gasteiger partial charge in [0.25, 0.3) is 17.1 Å². The zero-order valence-corrected chi connectivity index (χ0v) is 10.5. The molecule has 0 fully saturated rings. The van der Waals surface area contributed by atoms with Crippen LogP contribution in [0.2, 0.25) is 0 Å². The van der Waals surface area contributed by atoms with Crippen molar-refractivity contribution in [2.45, 2.75) is 19.4 Å². The molecule has 0 unspecified atom stereocenters. The van der Waals surface area contributed by atoms with Crippen LogP contribution in [0, 0.1) is 0 Å². The Kier molecular flexibility index (Phi) is 2.96. The zero-order valence-electron chi connectivity index (χ0n) is 9.77. The van der Waals surface area contributed by atoms with Crippen LogP contribution in [0.15, 0.2) is 24.3 Å². The van der Waals surface area contributed by atoms with Gasteiger partial charge in [-0.05, 0) is 37.6 Å². The average molecular weight is 268 g/mol. The topological polar surface area (TPSA) is 63.7 Å². The van der Waals surface area contributed by atoms with E-state index in [2.05, 4.69) is 0 Å². The number of carbonyl (C=O) groups is 3. The number of hydrogen-bond donors (Lipinski definition) is 0. The molecule has 1 heterocycles. The van der Waals surface area contributed by atoms with Crippen molar-refractivity contribution in [1.29, 1.82) is 0 Å². The van der Waals surface area contributed by atoms with Crippen LogP contribution in [-0.4, -0.2) is 27.7 Å². The van der Waals surface area contributed by atoms with E-state index in [1.807, 2.05) is 0 Å². The molecule has 0 saturated carbocycles. The summed E-state index contributed by atoms with van der Waals surface area (Å²) in [6.45, 7) is 2.76. The quantitative estimate of drug-likeness (QED) is 0.618. The highest BCUT2D eigenvalue weighted by atomic mass is 35.5. The third-order valence-electron chi connectivity index (χ3n) is 2.55. The molecule has 0 spiro atoms. The molecular formula is C12H10ClNO4. The van der Waals surface area contributed by atoms with Gasteiger partial charge in [0.2, 0.25) is 0 Å².